The summed E-state index contributed by atoms with van der Waals surface area (Å²) in [6, 6.07) is 75.4. The number of benzene rings is 8. The van der Waals surface area contributed by atoms with Crippen molar-refractivity contribution in [2.75, 3.05) is 4.90 Å². The van der Waals surface area contributed by atoms with Crippen LogP contribution < -0.4 is 25.6 Å². The highest BCUT2D eigenvalue weighted by atomic mass is 28.3. The van der Waals surface area contributed by atoms with E-state index in [1.807, 2.05) is 18.2 Å². The summed E-state index contributed by atoms with van der Waals surface area (Å²) in [5.41, 5.74) is 8.71. The fraction of sp³-hybridized carbons (Fsp3) is 0.164. The summed E-state index contributed by atoms with van der Waals surface area (Å²) in [5.74, 6) is 4.81. The molecule has 2 aromatic heterocycles. The molecule has 0 N–H and O–H groups in total. The molecule has 0 unspecified atom stereocenters. The lowest BCUT2D eigenvalue weighted by Gasteiger charge is -2.64. The SMILES string of the molecule is c1ccc([Si](c2ccccc2)(c2ccccc2)c2cccc(-c3nc(-c4cccc5oc6ccccc6c45)nc(N4c5ccccc5C5(c6ccccc64)C4CC6CC(C4)CC5C6)n3)c2)cc1. The van der Waals surface area contributed by atoms with Crippen LogP contribution in [0.15, 0.2) is 211 Å². The molecule has 1 aliphatic heterocycles. The number of furan rings is 1. The molecule has 3 heterocycles. The molecule has 8 aromatic carbocycles. The van der Waals surface area contributed by atoms with E-state index in [0.717, 1.165) is 44.9 Å². The van der Waals surface area contributed by atoms with Crippen molar-refractivity contribution in [2.24, 2.45) is 23.7 Å². The van der Waals surface area contributed by atoms with Gasteiger partial charge in [-0.05, 0) is 112 Å². The molecule has 4 saturated carbocycles. The third-order valence-electron chi connectivity index (χ3n) is 16.2. The number of anilines is 3. The van der Waals surface area contributed by atoms with Gasteiger partial charge in [-0.2, -0.15) is 9.97 Å². The zero-order chi connectivity index (χ0) is 44.1. The van der Waals surface area contributed by atoms with Gasteiger partial charge in [0.25, 0.3) is 0 Å². The zero-order valence-electron chi connectivity index (χ0n) is 37.2. The summed E-state index contributed by atoms with van der Waals surface area (Å²) in [4.78, 5) is 19.1. The maximum Gasteiger partial charge on any atom is 0.238 e. The average molecular weight is 881 g/mol. The van der Waals surface area contributed by atoms with Crippen molar-refractivity contribution in [1.29, 1.82) is 0 Å². The lowest BCUT2D eigenvalue weighted by atomic mass is 9.41. The molecule has 15 rings (SSSR count). The van der Waals surface area contributed by atoms with Crippen LogP contribution in [0.2, 0.25) is 0 Å². The Morgan fingerprint density at radius 3 is 1.58 bits per heavy atom. The van der Waals surface area contributed by atoms with Gasteiger partial charge in [0.2, 0.25) is 5.95 Å². The Kier molecular flexibility index (Phi) is 8.72. The van der Waals surface area contributed by atoms with Crippen LogP contribution in [0.1, 0.15) is 43.2 Å². The fourth-order valence-electron chi connectivity index (χ4n) is 14.0. The molecular weight excluding hydrogens is 833 g/mol. The van der Waals surface area contributed by atoms with Gasteiger partial charge in [0.05, 0.1) is 11.4 Å². The molecule has 6 heteroatoms. The van der Waals surface area contributed by atoms with E-state index < -0.39 is 8.07 Å². The second-order valence-electron chi connectivity index (χ2n) is 19.5. The Morgan fingerprint density at radius 2 is 0.955 bits per heavy atom. The predicted molar refractivity (Wildman–Crippen MR) is 274 cm³/mol. The molecular formula is C61H48N4OSi. The van der Waals surface area contributed by atoms with Crippen molar-refractivity contribution >= 4 is 68.1 Å². The van der Waals surface area contributed by atoms with Gasteiger partial charge in [-0.3, -0.25) is 4.90 Å². The van der Waals surface area contributed by atoms with Crippen LogP contribution in [0.4, 0.5) is 17.3 Å². The van der Waals surface area contributed by atoms with Crippen LogP contribution in [-0.2, 0) is 5.41 Å². The van der Waals surface area contributed by atoms with E-state index in [9.17, 15) is 0 Å². The molecule has 1 spiro atoms. The molecule has 5 nitrogen and oxygen atoms in total. The lowest BCUT2D eigenvalue weighted by Crippen LogP contribution is -2.74. The highest BCUT2D eigenvalue weighted by molar-refractivity contribution is 7.19. The van der Waals surface area contributed by atoms with Crippen LogP contribution in [-0.4, -0.2) is 23.0 Å². The quantitative estimate of drug-likeness (QED) is 0.118. The minimum absolute atomic E-state index is 0.0360. The first kappa shape index (κ1) is 38.8. The third kappa shape index (κ3) is 5.69. The normalized spacial score (nSPS) is 20.0. The van der Waals surface area contributed by atoms with Crippen molar-refractivity contribution in [2.45, 2.75) is 37.5 Å². The number of para-hydroxylation sites is 3. The monoisotopic (exact) mass is 880 g/mol. The van der Waals surface area contributed by atoms with Crippen molar-refractivity contribution in [3.05, 3.63) is 217 Å². The van der Waals surface area contributed by atoms with E-state index in [1.165, 1.54) is 75.4 Å². The topological polar surface area (TPSA) is 55.1 Å². The number of hydrogen-bond donors (Lipinski definition) is 0. The molecule has 4 aliphatic carbocycles. The molecule has 10 aromatic rings. The van der Waals surface area contributed by atoms with Gasteiger partial charge in [0.1, 0.15) is 11.2 Å². The first-order valence-corrected chi connectivity index (χ1v) is 26.1. The lowest BCUT2D eigenvalue weighted by molar-refractivity contribution is -0.0419. The summed E-state index contributed by atoms with van der Waals surface area (Å²) in [6.45, 7) is 0. The Labute approximate surface area is 391 Å². The van der Waals surface area contributed by atoms with Crippen molar-refractivity contribution in [1.82, 2.24) is 15.0 Å². The van der Waals surface area contributed by atoms with Gasteiger partial charge in [-0.1, -0.05) is 182 Å². The van der Waals surface area contributed by atoms with Gasteiger partial charge < -0.3 is 4.42 Å². The van der Waals surface area contributed by atoms with Gasteiger partial charge in [0.15, 0.2) is 19.7 Å². The molecule has 67 heavy (non-hydrogen) atoms. The first-order valence-electron chi connectivity index (χ1n) is 24.1. The van der Waals surface area contributed by atoms with Crippen LogP contribution in [0, 0.1) is 23.7 Å². The minimum atomic E-state index is -2.87. The highest BCUT2D eigenvalue weighted by Gasteiger charge is 2.61. The van der Waals surface area contributed by atoms with E-state index in [-0.39, 0.29) is 5.41 Å². The predicted octanol–water partition coefficient (Wildman–Crippen LogP) is 12.0. The minimum Gasteiger partial charge on any atom is -0.456 e. The number of fused-ring (bicyclic) bond motifs is 5. The maximum atomic E-state index is 6.48. The van der Waals surface area contributed by atoms with Crippen LogP contribution in [0.5, 0.6) is 0 Å². The van der Waals surface area contributed by atoms with E-state index in [0.29, 0.717) is 29.4 Å². The largest absolute Gasteiger partial charge is 0.456 e. The Hall–Kier alpha value is -7.41. The van der Waals surface area contributed by atoms with Crippen LogP contribution in [0.25, 0.3) is 44.7 Å². The van der Waals surface area contributed by atoms with Gasteiger partial charge in [0, 0.05) is 27.3 Å². The zero-order valence-corrected chi connectivity index (χ0v) is 38.2. The van der Waals surface area contributed by atoms with Crippen LogP contribution in [0.3, 0.4) is 0 Å². The summed E-state index contributed by atoms with van der Waals surface area (Å²) >= 11 is 0. The molecule has 0 radical (unpaired) electrons. The standard InChI is InChI=1S/C61H48N4OSi/c1-4-19-45(20-5-1)67(46-21-6-2-7-22-46,47-23-8-3-9-24-47)48-25-16-18-42(39-48)58-62-59(50-27-17-33-56-57(50)49-26-10-15-32-55(49)66-56)64-60(63-58)65-53-30-13-11-28-51(53)61(52-29-12-14-31-54(52)65)43-35-40-34-41(37-43)38-44(61)36-40/h1-33,39-41,43-44H,34-38H2. The fourth-order valence-corrected chi connectivity index (χ4v) is 18.8. The average Bonchev–Trinajstić information content (AvgIpc) is 3.78. The van der Waals surface area contributed by atoms with Gasteiger partial charge in [-0.25, -0.2) is 4.98 Å². The second kappa shape index (κ2) is 15.1. The summed E-state index contributed by atoms with van der Waals surface area (Å²) in [7, 11) is -2.87. The van der Waals surface area contributed by atoms with Crippen LogP contribution >= 0.6 is 0 Å². The molecule has 5 aliphatic rings. The van der Waals surface area contributed by atoms with Crippen molar-refractivity contribution < 1.29 is 4.42 Å². The number of nitrogens with zero attached hydrogens (tertiary/aromatic N) is 4. The maximum absolute atomic E-state index is 6.48. The summed E-state index contributed by atoms with van der Waals surface area (Å²) in [6.07, 6.45) is 6.67. The summed E-state index contributed by atoms with van der Waals surface area (Å²) < 4.78 is 6.48. The van der Waals surface area contributed by atoms with E-state index in [4.69, 9.17) is 19.4 Å². The van der Waals surface area contributed by atoms with Gasteiger partial charge >= 0.3 is 0 Å². The summed E-state index contributed by atoms with van der Waals surface area (Å²) in [5, 5.41) is 7.27. The van der Waals surface area contributed by atoms with Crippen molar-refractivity contribution in [3.8, 4) is 22.8 Å². The molecule has 322 valence electrons. The molecule has 0 saturated heterocycles. The number of hydrogen-bond acceptors (Lipinski definition) is 5. The van der Waals surface area contributed by atoms with Crippen molar-refractivity contribution in [3.63, 3.8) is 0 Å². The third-order valence-corrected chi connectivity index (χ3v) is 21.0. The molecule has 0 amide bonds. The Balaban J connectivity index is 1.03. The Bertz CT molecular complexity index is 3340. The first-order chi connectivity index (χ1) is 33.2. The molecule has 4 bridgehead atoms. The van der Waals surface area contributed by atoms with E-state index >= 15 is 0 Å². The van der Waals surface area contributed by atoms with E-state index in [1.54, 1.807) is 0 Å². The second-order valence-corrected chi connectivity index (χ2v) is 23.3. The Morgan fingerprint density at radius 1 is 0.448 bits per heavy atom. The van der Waals surface area contributed by atoms with Gasteiger partial charge in [-0.15, -0.1) is 0 Å². The molecule has 4 fully saturated rings. The number of aromatic nitrogens is 3. The number of rotatable bonds is 7. The van der Waals surface area contributed by atoms with E-state index in [2.05, 4.69) is 193 Å². The smallest absolute Gasteiger partial charge is 0.238 e. The highest BCUT2D eigenvalue weighted by Crippen LogP contribution is 2.69. The molecule has 0 atom stereocenters.